The highest BCUT2D eigenvalue weighted by Gasteiger charge is 2.16. The molecule has 0 unspecified atom stereocenters. The monoisotopic (exact) mass is 299 g/mol. The number of nitrogens with zero attached hydrogens (tertiary/aromatic N) is 1. The number of carbonyl (C=O) groups is 2. The molecule has 1 aliphatic rings. The summed E-state index contributed by atoms with van der Waals surface area (Å²) in [4.78, 5) is 24.9. The van der Waals surface area contributed by atoms with E-state index in [-0.39, 0.29) is 5.57 Å². The van der Waals surface area contributed by atoms with Gasteiger partial charge in [0, 0.05) is 31.3 Å². The van der Waals surface area contributed by atoms with Crippen LogP contribution in [0.1, 0.15) is 26.7 Å². The summed E-state index contributed by atoms with van der Waals surface area (Å²) in [6.07, 6.45) is 2.11. The fourth-order valence-corrected chi connectivity index (χ4v) is 1.97. The molecule has 1 rings (SSSR count). The molecular weight excluding hydrogens is 274 g/mol. The molecule has 0 aromatic rings. The van der Waals surface area contributed by atoms with Crippen LogP contribution in [0.5, 0.6) is 0 Å². The number of esters is 1. The standard InChI is InChI=1S/C15H25NO5/c1-12(2)4-8-21-15(19)13(11-14(17)18)3-5-16-6-9-20-10-7-16/h11-12H,3-10H2,1-2H3,(H,17,18)/b13-11+. The summed E-state index contributed by atoms with van der Waals surface area (Å²) < 4.78 is 10.4. The van der Waals surface area contributed by atoms with Gasteiger partial charge in [-0.2, -0.15) is 0 Å². The van der Waals surface area contributed by atoms with Crippen LogP contribution in [0.2, 0.25) is 0 Å². The number of hydrogen-bond acceptors (Lipinski definition) is 5. The lowest BCUT2D eigenvalue weighted by molar-refractivity contribution is -0.140. The van der Waals surface area contributed by atoms with E-state index in [1.54, 1.807) is 0 Å². The molecule has 1 fully saturated rings. The average molecular weight is 299 g/mol. The van der Waals surface area contributed by atoms with Crippen molar-refractivity contribution in [3.05, 3.63) is 11.6 Å². The Morgan fingerprint density at radius 3 is 2.57 bits per heavy atom. The van der Waals surface area contributed by atoms with E-state index in [1.807, 2.05) is 13.8 Å². The van der Waals surface area contributed by atoms with Crippen molar-refractivity contribution in [2.45, 2.75) is 26.7 Å². The van der Waals surface area contributed by atoms with E-state index >= 15 is 0 Å². The van der Waals surface area contributed by atoms with Gasteiger partial charge in [-0.15, -0.1) is 0 Å². The normalized spacial score (nSPS) is 17.0. The number of aliphatic carboxylic acids is 1. The van der Waals surface area contributed by atoms with E-state index in [4.69, 9.17) is 14.6 Å². The molecule has 0 atom stereocenters. The molecule has 0 aromatic heterocycles. The van der Waals surface area contributed by atoms with Crippen LogP contribution in [0.4, 0.5) is 0 Å². The SMILES string of the molecule is CC(C)CCOC(=O)/C(=C/C(=O)O)CCN1CCOCC1. The van der Waals surface area contributed by atoms with Gasteiger partial charge in [0.25, 0.3) is 0 Å². The third kappa shape index (κ3) is 7.82. The number of hydrogen-bond donors (Lipinski definition) is 1. The zero-order valence-electron chi connectivity index (χ0n) is 12.8. The second-order valence-electron chi connectivity index (χ2n) is 5.53. The van der Waals surface area contributed by atoms with Gasteiger partial charge in [-0.1, -0.05) is 13.8 Å². The third-order valence-electron chi connectivity index (χ3n) is 3.29. The van der Waals surface area contributed by atoms with E-state index in [0.717, 1.165) is 25.6 Å². The van der Waals surface area contributed by atoms with Crippen LogP contribution in [-0.4, -0.2) is 61.4 Å². The highest BCUT2D eigenvalue weighted by Crippen LogP contribution is 2.09. The second kappa shape index (κ2) is 9.52. The highest BCUT2D eigenvalue weighted by atomic mass is 16.5. The first kappa shape index (κ1) is 17.7. The molecule has 0 aromatic carbocycles. The molecule has 0 aliphatic carbocycles. The summed E-state index contributed by atoms with van der Waals surface area (Å²) in [6, 6.07) is 0. The van der Waals surface area contributed by atoms with Crippen molar-refractivity contribution in [2.75, 3.05) is 39.5 Å². The van der Waals surface area contributed by atoms with Crippen LogP contribution >= 0.6 is 0 Å². The number of carboxylic acids is 1. The first-order valence-electron chi connectivity index (χ1n) is 7.39. The van der Waals surface area contributed by atoms with Gasteiger partial charge >= 0.3 is 11.9 Å². The van der Waals surface area contributed by atoms with Crippen LogP contribution in [0, 0.1) is 5.92 Å². The Hall–Kier alpha value is -1.40. The number of rotatable bonds is 8. The maximum Gasteiger partial charge on any atom is 0.334 e. The van der Waals surface area contributed by atoms with Gasteiger partial charge in [-0.05, 0) is 18.8 Å². The van der Waals surface area contributed by atoms with Crippen LogP contribution < -0.4 is 0 Å². The van der Waals surface area contributed by atoms with E-state index < -0.39 is 11.9 Å². The Morgan fingerprint density at radius 2 is 2.00 bits per heavy atom. The van der Waals surface area contributed by atoms with E-state index in [2.05, 4.69) is 4.90 Å². The van der Waals surface area contributed by atoms with Crippen molar-refractivity contribution in [1.29, 1.82) is 0 Å². The van der Waals surface area contributed by atoms with Crippen molar-refractivity contribution in [1.82, 2.24) is 4.90 Å². The van der Waals surface area contributed by atoms with Crippen LogP contribution in [0.15, 0.2) is 11.6 Å². The minimum atomic E-state index is -1.12. The number of ether oxygens (including phenoxy) is 2. The minimum Gasteiger partial charge on any atom is -0.478 e. The quantitative estimate of drug-likeness (QED) is 0.538. The zero-order valence-corrected chi connectivity index (χ0v) is 12.8. The summed E-state index contributed by atoms with van der Waals surface area (Å²) in [6.45, 7) is 8.02. The Kier molecular flexibility index (Phi) is 8.00. The predicted molar refractivity (Wildman–Crippen MR) is 78.0 cm³/mol. The van der Waals surface area contributed by atoms with Crippen molar-refractivity contribution in [2.24, 2.45) is 5.92 Å². The minimum absolute atomic E-state index is 0.220. The number of morpholine rings is 1. The first-order valence-corrected chi connectivity index (χ1v) is 7.39. The lowest BCUT2D eigenvalue weighted by Crippen LogP contribution is -2.37. The van der Waals surface area contributed by atoms with Crippen LogP contribution in [0.3, 0.4) is 0 Å². The fourth-order valence-electron chi connectivity index (χ4n) is 1.97. The summed E-state index contributed by atoms with van der Waals surface area (Å²) >= 11 is 0. The summed E-state index contributed by atoms with van der Waals surface area (Å²) in [5, 5.41) is 8.87. The highest BCUT2D eigenvalue weighted by molar-refractivity contribution is 5.95. The second-order valence-corrected chi connectivity index (χ2v) is 5.53. The largest absolute Gasteiger partial charge is 0.478 e. The predicted octanol–water partition coefficient (Wildman–Crippen LogP) is 1.31. The Balaban J connectivity index is 2.46. The lowest BCUT2D eigenvalue weighted by Gasteiger charge is -2.26. The number of carboxylic acid groups (broad SMARTS) is 1. The molecule has 21 heavy (non-hydrogen) atoms. The summed E-state index contributed by atoms with van der Waals surface area (Å²) in [5.74, 6) is -1.20. The molecule has 0 spiro atoms. The molecule has 0 bridgehead atoms. The van der Waals surface area contributed by atoms with Gasteiger partial charge in [0.05, 0.1) is 19.8 Å². The lowest BCUT2D eigenvalue weighted by atomic mass is 10.1. The maximum atomic E-state index is 11.9. The number of carbonyl (C=O) groups excluding carboxylic acids is 1. The fraction of sp³-hybridized carbons (Fsp3) is 0.733. The van der Waals surface area contributed by atoms with Gasteiger partial charge in [0.1, 0.15) is 0 Å². The molecule has 1 saturated heterocycles. The molecular formula is C15H25NO5. The third-order valence-corrected chi connectivity index (χ3v) is 3.29. The smallest absolute Gasteiger partial charge is 0.334 e. The summed E-state index contributed by atoms with van der Waals surface area (Å²) in [5.41, 5.74) is 0.220. The molecule has 0 saturated carbocycles. The molecule has 6 nitrogen and oxygen atoms in total. The summed E-state index contributed by atoms with van der Waals surface area (Å²) in [7, 11) is 0. The van der Waals surface area contributed by atoms with Gasteiger partial charge in [-0.25, -0.2) is 9.59 Å². The Labute approximate surface area is 125 Å². The van der Waals surface area contributed by atoms with Crippen LogP contribution in [0.25, 0.3) is 0 Å². The zero-order chi connectivity index (χ0) is 15.7. The van der Waals surface area contributed by atoms with Crippen molar-refractivity contribution in [3.8, 4) is 0 Å². The molecule has 1 heterocycles. The molecule has 1 aliphatic heterocycles. The first-order chi connectivity index (χ1) is 9.99. The molecule has 0 radical (unpaired) electrons. The van der Waals surface area contributed by atoms with Gasteiger partial charge in [-0.3, -0.25) is 4.90 Å². The van der Waals surface area contributed by atoms with Crippen molar-refractivity contribution < 1.29 is 24.2 Å². The maximum absolute atomic E-state index is 11.9. The van der Waals surface area contributed by atoms with Crippen molar-refractivity contribution >= 4 is 11.9 Å². The van der Waals surface area contributed by atoms with Gasteiger partial charge < -0.3 is 14.6 Å². The molecule has 1 N–H and O–H groups in total. The Bertz CT molecular complexity index is 372. The van der Waals surface area contributed by atoms with Crippen molar-refractivity contribution in [3.63, 3.8) is 0 Å². The molecule has 120 valence electrons. The molecule has 0 amide bonds. The van der Waals surface area contributed by atoms with E-state index in [1.165, 1.54) is 0 Å². The topological polar surface area (TPSA) is 76.1 Å². The van der Waals surface area contributed by atoms with E-state index in [0.29, 0.717) is 38.7 Å². The van der Waals surface area contributed by atoms with Gasteiger partial charge in [0.2, 0.25) is 0 Å². The Morgan fingerprint density at radius 1 is 1.33 bits per heavy atom. The molecule has 6 heteroatoms. The van der Waals surface area contributed by atoms with Gasteiger partial charge in [0.15, 0.2) is 0 Å². The average Bonchev–Trinajstić information content (AvgIpc) is 2.43. The van der Waals surface area contributed by atoms with E-state index in [9.17, 15) is 9.59 Å². The van der Waals surface area contributed by atoms with Crippen LogP contribution in [-0.2, 0) is 19.1 Å².